The van der Waals surface area contributed by atoms with Crippen LogP contribution in [0, 0.1) is 0 Å². The summed E-state index contributed by atoms with van der Waals surface area (Å²) < 4.78 is 63.5. The number of piperidine rings is 1. The fourth-order valence-corrected chi connectivity index (χ4v) is 4.20. The SMILES string of the molecule is O=C(O)C(F)(F)F.O=C(O)C(F)(F)F.O=C1CCC2(CCN(Cc3cccnc3)CC2)N1Cc1cccnc1. The molecule has 2 aliphatic heterocycles. The van der Waals surface area contributed by atoms with E-state index < -0.39 is 24.3 Å². The first-order valence-electron chi connectivity index (χ1n) is 11.5. The number of alkyl halides is 6. The van der Waals surface area contributed by atoms with Crippen LogP contribution < -0.4 is 0 Å². The Hall–Kier alpha value is -3.75. The Balaban J connectivity index is 0.000000317. The highest BCUT2D eigenvalue weighted by Gasteiger charge is 2.46. The van der Waals surface area contributed by atoms with Crippen LogP contribution in [0.4, 0.5) is 26.3 Å². The molecule has 2 saturated heterocycles. The minimum atomic E-state index is -5.08. The van der Waals surface area contributed by atoms with Gasteiger partial charge in [0.05, 0.1) is 0 Å². The van der Waals surface area contributed by atoms with Crippen LogP contribution in [-0.2, 0) is 27.5 Å². The number of hydrogen-bond donors (Lipinski definition) is 2. The van der Waals surface area contributed by atoms with E-state index in [9.17, 15) is 31.1 Å². The van der Waals surface area contributed by atoms with Gasteiger partial charge >= 0.3 is 24.3 Å². The molecule has 0 saturated carbocycles. The molecule has 1 spiro atoms. The number of carboxylic acid groups (broad SMARTS) is 2. The normalized spacial score (nSPS) is 17.1. The van der Waals surface area contributed by atoms with Crippen LogP contribution in [0.15, 0.2) is 49.1 Å². The van der Waals surface area contributed by atoms with Gasteiger partial charge in [0.2, 0.25) is 5.91 Å². The largest absolute Gasteiger partial charge is 0.490 e. The lowest BCUT2D eigenvalue weighted by molar-refractivity contribution is -0.193. The van der Waals surface area contributed by atoms with Crippen molar-refractivity contribution in [2.75, 3.05) is 13.1 Å². The molecule has 1 amide bonds. The highest BCUT2D eigenvalue weighted by atomic mass is 19.4. The Bertz CT molecular complexity index is 1070. The smallest absolute Gasteiger partial charge is 0.475 e. The lowest BCUT2D eigenvalue weighted by Gasteiger charge is -2.45. The van der Waals surface area contributed by atoms with Crippen molar-refractivity contribution in [1.82, 2.24) is 19.8 Å². The predicted octanol–water partition coefficient (Wildman–Crippen LogP) is 3.90. The number of aromatic nitrogens is 2. The van der Waals surface area contributed by atoms with Gasteiger partial charge in [-0.1, -0.05) is 12.1 Å². The monoisotopic (exact) mass is 564 g/mol. The number of halogens is 6. The molecule has 0 aliphatic carbocycles. The Kier molecular flexibility index (Phi) is 10.8. The van der Waals surface area contributed by atoms with Crippen molar-refractivity contribution in [2.24, 2.45) is 0 Å². The van der Waals surface area contributed by atoms with E-state index in [0.717, 1.165) is 44.5 Å². The highest BCUT2D eigenvalue weighted by Crippen LogP contribution is 2.40. The Morgan fingerprint density at radius 2 is 1.26 bits per heavy atom. The lowest BCUT2D eigenvalue weighted by Crippen LogP contribution is -2.52. The summed E-state index contributed by atoms with van der Waals surface area (Å²) in [4.78, 5) is 43.3. The summed E-state index contributed by atoms with van der Waals surface area (Å²) in [6.07, 6.45) is 1.03. The third kappa shape index (κ3) is 9.81. The molecule has 2 fully saturated rings. The van der Waals surface area contributed by atoms with Crippen molar-refractivity contribution in [3.8, 4) is 0 Å². The van der Waals surface area contributed by atoms with Gasteiger partial charge in [0.15, 0.2) is 0 Å². The van der Waals surface area contributed by atoms with Crippen LogP contribution in [0.5, 0.6) is 0 Å². The van der Waals surface area contributed by atoms with E-state index in [-0.39, 0.29) is 5.54 Å². The maximum atomic E-state index is 12.5. The van der Waals surface area contributed by atoms with E-state index in [0.29, 0.717) is 18.9 Å². The molecule has 214 valence electrons. The van der Waals surface area contributed by atoms with E-state index in [4.69, 9.17) is 19.8 Å². The zero-order valence-electron chi connectivity index (χ0n) is 20.5. The summed E-state index contributed by atoms with van der Waals surface area (Å²) in [5, 5.41) is 14.2. The third-order valence-corrected chi connectivity index (χ3v) is 6.14. The van der Waals surface area contributed by atoms with Crippen molar-refractivity contribution in [1.29, 1.82) is 0 Å². The zero-order chi connectivity index (χ0) is 29.3. The molecule has 9 nitrogen and oxygen atoms in total. The number of pyridine rings is 2. The molecule has 2 aromatic rings. The second-order valence-electron chi connectivity index (χ2n) is 8.81. The molecule has 0 bridgehead atoms. The van der Waals surface area contributed by atoms with E-state index >= 15 is 0 Å². The maximum Gasteiger partial charge on any atom is 0.490 e. The summed E-state index contributed by atoms with van der Waals surface area (Å²) in [7, 11) is 0. The average molecular weight is 564 g/mol. The number of likely N-dealkylation sites (tertiary alicyclic amines) is 2. The summed E-state index contributed by atoms with van der Waals surface area (Å²) in [6.45, 7) is 3.70. The molecule has 2 aliphatic rings. The number of carbonyl (C=O) groups excluding carboxylic acids is 1. The molecule has 0 aromatic carbocycles. The first-order chi connectivity index (χ1) is 18.1. The van der Waals surface area contributed by atoms with Gasteiger partial charge in [-0.3, -0.25) is 19.7 Å². The van der Waals surface area contributed by atoms with Crippen LogP contribution in [0.3, 0.4) is 0 Å². The molecule has 0 atom stereocenters. The van der Waals surface area contributed by atoms with E-state index in [1.807, 2.05) is 30.7 Å². The van der Waals surface area contributed by atoms with Crippen molar-refractivity contribution < 1.29 is 50.9 Å². The lowest BCUT2D eigenvalue weighted by atomic mass is 9.84. The van der Waals surface area contributed by atoms with Gasteiger partial charge in [-0.05, 0) is 42.5 Å². The first-order valence-corrected chi connectivity index (χ1v) is 11.5. The summed E-state index contributed by atoms with van der Waals surface area (Å²) in [6, 6.07) is 8.13. The summed E-state index contributed by atoms with van der Waals surface area (Å²) >= 11 is 0. The van der Waals surface area contributed by atoms with Crippen molar-refractivity contribution >= 4 is 17.8 Å². The van der Waals surface area contributed by atoms with E-state index in [1.165, 1.54) is 5.56 Å². The molecule has 15 heteroatoms. The Morgan fingerprint density at radius 1 is 0.821 bits per heavy atom. The molecule has 2 N–H and O–H groups in total. The minimum Gasteiger partial charge on any atom is -0.475 e. The summed E-state index contributed by atoms with van der Waals surface area (Å²) in [5.41, 5.74) is 2.42. The number of aliphatic carboxylic acids is 2. The van der Waals surface area contributed by atoms with Gasteiger partial charge < -0.3 is 15.1 Å². The van der Waals surface area contributed by atoms with E-state index in [2.05, 4.69) is 31.9 Å². The maximum absolute atomic E-state index is 12.5. The molecular formula is C24H26F6N4O5. The fourth-order valence-electron chi connectivity index (χ4n) is 4.20. The quantitative estimate of drug-likeness (QED) is 0.536. The molecule has 0 unspecified atom stereocenters. The van der Waals surface area contributed by atoms with Crippen LogP contribution in [0.25, 0.3) is 0 Å². The van der Waals surface area contributed by atoms with Crippen molar-refractivity contribution in [3.05, 3.63) is 60.2 Å². The average Bonchev–Trinajstić information content (AvgIpc) is 3.16. The second kappa shape index (κ2) is 13.4. The molecule has 39 heavy (non-hydrogen) atoms. The van der Waals surface area contributed by atoms with Gasteiger partial charge in [0.25, 0.3) is 0 Å². The highest BCUT2D eigenvalue weighted by molar-refractivity contribution is 5.79. The minimum absolute atomic E-state index is 0.0400. The van der Waals surface area contributed by atoms with Gasteiger partial charge in [0, 0.05) is 62.9 Å². The van der Waals surface area contributed by atoms with Crippen molar-refractivity contribution in [2.45, 2.75) is 56.7 Å². The standard InChI is InChI=1S/C20H24N4O.2C2HF3O2/c25-19-5-6-20(24(19)16-18-4-2-10-22-14-18)7-11-23(12-8-20)15-17-3-1-9-21-13-17;2*3-2(4,5)1(6)7/h1-4,9-10,13-14H,5-8,11-12,15-16H2;2*(H,6,7). The van der Waals surface area contributed by atoms with Crippen LogP contribution >= 0.6 is 0 Å². The van der Waals surface area contributed by atoms with Gasteiger partial charge in [-0.15, -0.1) is 0 Å². The topological polar surface area (TPSA) is 124 Å². The molecule has 4 heterocycles. The van der Waals surface area contributed by atoms with E-state index in [1.54, 1.807) is 6.20 Å². The number of carbonyl (C=O) groups is 3. The van der Waals surface area contributed by atoms with Crippen LogP contribution in [0.1, 0.15) is 36.8 Å². The van der Waals surface area contributed by atoms with Gasteiger partial charge in [0.1, 0.15) is 0 Å². The molecule has 4 rings (SSSR count). The number of amides is 1. The Morgan fingerprint density at radius 3 is 1.64 bits per heavy atom. The number of nitrogens with zero attached hydrogens (tertiary/aromatic N) is 4. The molecule has 0 radical (unpaired) electrons. The zero-order valence-corrected chi connectivity index (χ0v) is 20.5. The number of carboxylic acids is 2. The third-order valence-electron chi connectivity index (χ3n) is 6.14. The van der Waals surface area contributed by atoms with Crippen LogP contribution in [-0.4, -0.2) is 78.8 Å². The molecule has 2 aromatic heterocycles. The van der Waals surface area contributed by atoms with Gasteiger partial charge in [-0.25, -0.2) is 9.59 Å². The van der Waals surface area contributed by atoms with Crippen LogP contribution in [0.2, 0.25) is 0 Å². The number of rotatable bonds is 4. The molecular weight excluding hydrogens is 538 g/mol. The predicted molar refractivity (Wildman–Crippen MR) is 123 cm³/mol. The number of hydrogen-bond acceptors (Lipinski definition) is 6. The van der Waals surface area contributed by atoms with Gasteiger partial charge in [-0.2, -0.15) is 26.3 Å². The summed E-state index contributed by atoms with van der Waals surface area (Å²) in [5.74, 6) is -5.22. The fraction of sp³-hybridized carbons (Fsp3) is 0.458. The Labute approximate surface area is 219 Å². The second-order valence-corrected chi connectivity index (χ2v) is 8.81. The van der Waals surface area contributed by atoms with Crippen molar-refractivity contribution in [3.63, 3.8) is 0 Å². The first kappa shape index (κ1) is 31.5.